The Balaban J connectivity index is 1.61. The van der Waals surface area contributed by atoms with Crippen molar-refractivity contribution in [1.29, 1.82) is 0 Å². The molecule has 1 heterocycles. The number of nitrogens with zero attached hydrogens (tertiary/aromatic N) is 1. The van der Waals surface area contributed by atoms with Gasteiger partial charge in [-0.05, 0) is 55.8 Å². The van der Waals surface area contributed by atoms with Crippen LogP contribution in [0.15, 0.2) is 86.8 Å². The van der Waals surface area contributed by atoms with E-state index in [9.17, 15) is 8.42 Å². The highest BCUT2D eigenvalue weighted by molar-refractivity contribution is 9.10. The zero-order valence-electron chi connectivity index (χ0n) is 16.4. The van der Waals surface area contributed by atoms with Gasteiger partial charge in [0.25, 0.3) is 10.0 Å². The molecule has 0 saturated carbocycles. The highest BCUT2D eigenvalue weighted by atomic mass is 79.9. The molecule has 0 bridgehead atoms. The van der Waals surface area contributed by atoms with E-state index in [1.54, 1.807) is 49.6 Å². The van der Waals surface area contributed by atoms with Crippen molar-refractivity contribution in [3.63, 3.8) is 0 Å². The van der Waals surface area contributed by atoms with Crippen LogP contribution in [0.1, 0.15) is 11.1 Å². The highest BCUT2D eigenvalue weighted by Gasteiger charge is 2.18. The normalized spacial score (nSPS) is 11.4. The van der Waals surface area contributed by atoms with Crippen molar-refractivity contribution < 1.29 is 12.8 Å². The van der Waals surface area contributed by atoms with Gasteiger partial charge in [-0.2, -0.15) is 0 Å². The van der Waals surface area contributed by atoms with Crippen molar-refractivity contribution in [1.82, 2.24) is 4.98 Å². The molecule has 0 aliphatic rings. The largest absolute Gasteiger partial charge is 0.444 e. The summed E-state index contributed by atoms with van der Waals surface area (Å²) in [6, 6.07) is 20.0. The number of anilines is 1. The Bertz CT molecular complexity index is 1310. The average Bonchev–Trinajstić information content (AvgIpc) is 3.18. The van der Waals surface area contributed by atoms with Crippen LogP contribution in [0.2, 0.25) is 0 Å². The number of hydrogen-bond acceptors (Lipinski definition) is 4. The van der Waals surface area contributed by atoms with Gasteiger partial charge >= 0.3 is 0 Å². The number of aromatic nitrogens is 1. The van der Waals surface area contributed by atoms with Crippen LogP contribution in [0.3, 0.4) is 0 Å². The van der Waals surface area contributed by atoms with Crippen LogP contribution >= 0.6 is 15.9 Å². The summed E-state index contributed by atoms with van der Waals surface area (Å²) in [7, 11) is -3.72. The molecule has 30 heavy (non-hydrogen) atoms. The first kappa shape index (κ1) is 20.4. The van der Waals surface area contributed by atoms with Gasteiger partial charge in [0.1, 0.15) is 12.0 Å². The van der Waals surface area contributed by atoms with Gasteiger partial charge in [-0.1, -0.05) is 51.8 Å². The summed E-state index contributed by atoms with van der Waals surface area (Å²) in [5.41, 5.74) is 4.62. The molecule has 152 valence electrons. The van der Waals surface area contributed by atoms with E-state index in [1.807, 2.05) is 37.3 Å². The summed E-state index contributed by atoms with van der Waals surface area (Å²) < 4.78 is 34.8. The number of aryl methyl sites for hydroxylation is 2. The fraction of sp³-hybridized carbons (Fsp3) is 0.0870. The molecule has 0 amide bonds. The third-order valence-corrected chi connectivity index (χ3v) is 6.67. The molecule has 1 aromatic heterocycles. The van der Waals surface area contributed by atoms with E-state index in [0.717, 1.165) is 15.7 Å². The quantitative estimate of drug-likeness (QED) is 0.368. The van der Waals surface area contributed by atoms with Crippen LogP contribution in [0.25, 0.3) is 22.7 Å². The summed E-state index contributed by atoms with van der Waals surface area (Å²) >= 11 is 3.35. The molecule has 0 aliphatic heterocycles. The van der Waals surface area contributed by atoms with Crippen LogP contribution in [0.4, 0.5) is 5.69 Å². The average molecular weight is 483 g/mol. The summed E-state index contributed by atoms with van der Waals surface area (Å²) in [5, 5.41) is 0. The molecule has 0 saturated heterocycles. The molecule has 4 aromatic rings. The van der Waals surface area contributed by atoms with Gasteiger partial charge in [-0.25, -0.2) is 13.4 Å². The lowest BCUT2D eigenvalue weighted by Gasteiger charge is -2.11. The minimum atomic E-state index is -3.72. The number of hydrogen-bond donors (Lipinski definition) is 1. The first-order valence-electron chi connectivity index (χ1n) is 9.24. The molecule has 7 heteroatoms. The number of benzene rings is 3. The third kappa shape index (κ3) is 4.32. The number of sulfonamides is 1. The zero-order chi connectivity index (χ0) is 21.3. The summed E-state index contributed by atoms with van der Waals surface area (Å²) in [5.74, 6) is 0.423. The van der Waals surface area contributed by atoms with Gasteiger partial charge in [0.15, 0.2) is 0 Å². The van der Waals surface area contributed by atoms with E-state index in [0.29, 0.717) is 22.7 Å². The molecule has 1 N–H and O–H groups in total. The Kier molecular flexibility index (Phi) is 5.49. The van der Waals surface area contributed by atoms with Crippen LogP contribution in [0, 0.1) is 13.8 Å². The predicted molar refractivity (Wildman–Crippen MR) is 122 cm³/mol. The Labute approximate surface area is 184 Å². The van der Waals surface area contributed by atoms with Gasteiger partial charge in [0, 0.05) is 21.3 Å². The van der Waals surface area contributed by atoms with E-state index in [4.69, 9.17) is 4.42 Å². The first-order valence-corrected chi connectivity index (χ1v) is 11.5. The molecule has 3 aromatic carbocycles. The molecule has 0 fully saturated rings. The lowest BCUT2D eigenvalue weighted by molar-refractivity contribution is 0.575. The third-order valence-electron chi connectivity index (χ3n) is 4.64. The number of nitrogens with one attached hydrogen (secondary N) is 1. The van der Waals surface area contributed by atoms with Crippen LogP contribution < -0.4 is 4.72 Å². The van der Waals surface area contributed by atoms with Crippen molar-refractivity contribution in [2.24, 2.45) is 0 Å². The minimum absolute atomic E-state index is 0.230. The van der Waals surface area contributed by atoms with Crippen molar-refractivity contribution >= 4 is 31.6 Å². The summed E-state index contributed by atoms with van der Waals surface area (Å²) in [6.07, 6.45) is 1.60. The van der Waals surface area contributed by atoms with E-state index >= 15 is 0 Å². The molecule has 4 rings (SSSR count). The number of rotatable bonds is 5. The molecule has 0 atom stereocenters. The van der Waals surface area contributed by atoms with Crippen LogP contribution in [-0.4, -0.2) is 13.4 Å². The molecule has 0 radical (unpaired) electrons. The van der Waals surface area contributed by atoms with Crippen molar-refractivity contribution in [3.05, 3.63) is 88.6 Å². The second-order valence-corrected chi connectivity index (χ2v) is 9.57. The lowest BCUT2D eigenvalue weighted by atomic mass is 10.1. The minimum Gasteiger partial charge on any atom is -0.444 e. The number of oxazole rings is 1. The van der Waals surface area contributed by atoms with E-state index < -0.39 is 10.0 Å². The maximum atomic E-state index is 12.8. The van der Waals surface area contributed by atoms with E-state index in [-0.39, 0.29) is 4.90 Å². The fourth-order valence-electron chi connectivity index (χ4n) is 3.10. The lowest BCUT2D eigenvalue weighted by Crippen LogP contribution is -2.14. The first-order chi connectivity index (χ1) is 14.3. The maximum Gasteiger partial charge on any atom is 0.262 e. The van der Waals surface area contributed by atoms with Gasteiger partial charge in [-0.3, -0.25) is 4.72 Å². The molecule has 0 aliphatic carbocycles. The fourth-order valence-corrected chi connectivity index (χ4v) is 4.86. The van der Waals surface area contributed by atoms with Gasteiger partial charge in [0.2, 0.25) is 5.89 Å². The zero-order valence-corrected chi connectivity index (χ0v) is 18.8. The van der Waals surface area contributed by atoms with Crippen molar-refractivity contribution in [3.8, 4) is 22.7 Å². The molecular formula is C23H19BrN2O3S. The van der Waals surface area contributed by atoms with Crippen molar-refractivity contribution in [2.75, 3.05) is 4.72 Å². The Morgan fingerprint density at radius 2 is 1.70 bits per heavy atom. The summed E-state index contributed by atoms with van der Waals surface area (Å²) in [4.78, 5) is 4.78. The Hall–Kier alpha value is -2.90. The second-order valence-electron chi connectivity index (χ2n) is 7.00. The Morgan fingerprint density at radius 1 is 0.933 bits per heavy atom. The topological polar surface area (TPSA) is 72.2 Å². The van der Waals surface area contributed by atoms with Gasteiger partial charge < -0.3 is 4.42 Å². The SMILES string of the molecule is Cc1ccc(-c2coc(-c3cccc(NS(=O)(=O)c4ccc(Br)cc4C)c3)n2)cc1. The van der Waals surface area contributed by atoms with Crippen LogP contribution in [-0.2, 0) is 10.0 Å². The van der Waals surface area contributed by atoms with Crippen LogP contribution in [0.5, 0.6) is 0 Å². The summed E-state index contributed by atoms with van der Waals surface area (Å²) in [6.45, 7) is 3.79. The van der Waals surface area contributed by atoms with Gasteiger partial charge in [0.05, 0.1) is 4.90 Å². The standard InChI is InChI=1S/C23H19BrN2O3S/c1-15-6-8-17(9-7-15)21-14-29-23(25-21)18-4-3-5-20(13-18)26-30(27,28)22-11-10-19(24)12-16(22)2/h3-14,26H,1-2H3. The maximum absolute atomic E-state index is 12.8. The van der Waals surface area contributed by atoms with E-state index in [2.05, 4.69) is 25.6 Å². The monoisotopic (exact) mass is 482 g/mol. The second kappa shape index (κ2) is 8.08. The molecule has 5 nitrogen and oxygen atoms in total. The van der Waals surface area contributed by atoms with Gasteiger partial charge in [-0.15, -0.1) is 0 Å². The highest BCUT2D eigenvalue weighted by Crippen LogP contribution is 2.28. The van der Waals surface area contributed by atoms with Crippen molar-refractivity contribution in [2.45, 2.75) is 18.7 Å². The number of halogens is 1. The molecule has 0 spiro atoms. The van der Waals surface area contributed by atoms with E-state index in [1.165, 1.54) is 5.56 Å². The smallest absolute Gasteiger partial charge is 0.262 e. The molecular weight excluding hydrogens is 464 g/mol. The Morgan fingerprint density at radius 3 is 2.43 bits per heavy atom. The predicted octanol–water partition coefficient (Wildman–Crippen LogP) is 6.19. The molecule has 0 unspecified atom stereocenters.